The van der Waals surface area contributed by atoms with Crippen molar-refractivity contribution in [2.45, 2.75) is 47.2 Å². The van der Waals surface area contributed by atoms with Crippen molar-refractivity contribution >= 4 is 29.5 Å². The molecule has 11 nitrogen and oxygen atoms in total. The van der Waals surface area contributed by atoms with Crippen LogP contribution in [0.5, 0.6) is 0 Å². The number of nitriles is 1. The molecule has 0 atom stereocenters. The highest BCUT2D eigenvalue weighted by Crippen LogP contribution is 2.20. The summed E-state index contributed by atoms with van der Waals surface area (Å²) in [6.45, 7) is 7.66. The molecule has 0 aliphatic carbocycles. The van der Waals surface area contributed by atoms with E-state index in [2.05, 4.69) is 16.5 Å². The highest BCUT2D eigenvalue weighted by Gasteiger charge is 2.25. The Morgan fingerprint density at radius 2 is 1.85 bits per heavy atom. The van der Waals surface area contributed by atoms with Crippen LogP contribution in [0, 0.1) is 25.2 Å². The standard InChI is InChI=1S/C28H32N6O5/c1-5-12-33-18(3)13-21(19(33)4)14-22(15-29)27(37)39-17-23(35)32(6-2)24-25(30)34(28(38)31-26(24)36)16-20-10-8-7-9-11-20/h7-11,13-14H,5-6,12,16-17,30H2,1-4H3,(H,31,36,38)/b22-14+. The fourth-order valence-electron chi connectivity index (χ4n) is 4.34. The van der Waals surface area contributed by atoms with Crippen molar-refractivity contribution < 1.29 is 14.3 Å². The first-order chi connectivity index (χ1) is 18.6. The summed E-state index contributed by atoms with van der Waals surface area (Å²) in [6, 6.07) is 12.7. The Hall–Kier alpha value is -4.85. The average Bonchev–Trinajstić information content (AvgIpc) is 3.18. The van der Waals surface area contributed by atoms with Gasteiger partial charge in [0.05, 0.1) is 6.54 Å². The Morgan fingerprint density at radius 1 is 1.15 bits per heavy atom. The van der Waals surface area contributed by atoms with Crippen LogP contribution in [-0.4, -0.2) is 39.1 Å². The van der Waals surface area contributed by atoms with Gasteiger partial charge in [-0.3, -0.25) is 19.1 Å². The maximum absolute atomic E-state index is 13.0. The molecule has 2 heterocycles. The maximum Gasteiger partial charge on any atom is 0.349 e. The first kappa shape index (κ1) is 28.7. The second-order valence-electron chi connectivity index (χ2n) is 8.93. The number of aromatic nitrogens is 3. The average molecular weight is 533 g/mol. The molecule has 0 aliphatic heterocycles. The number of H-pyrrole nitrogens is 1. The predicted molar refractivity (Wildman–Crippen MR) is 148 cm³/mol. The van der Waals surface area contributed by atoms with Crippen LogP contribution >= 0.6 is 0 Å². The number of nitrogens with one attached hydrogen (secondary N) is 1. The van der Waals surface area contributed by atoms with Crippen LogP contribution in [0.25, 0.3) is 6.08 Å². The Morgan fingerprint density at radius 3 is 2.46 bits per heavy atom. The van der Waals surface area contributed by atoms with Crippen molar-refractivity contribution in [1.82, 2.24) is 14.1 Å². The number of ether oxygens (including phenoxy) is 1. The molecule has 0 spiro atoms. The molecule has 11 heteroatoms. The van der Waals surface area contributed by atoms with E-state index in [1.165, 1.54) is 6.08 Å². The van der Waals surface area contributed by atoms with E-state index >= 15 is 0 Å². The number of nitrogens with zero attached hydrogens (tertiary/aromatic N) is 4. The first-order valence-corrected chi connectivity index (χ1v) is 12.5. The normalized spacial score (nSPS) is 11.2. The lowest BCUT2D eigenvalue weighted by atomic mass is 10.1. The van der Waals surface area contributed by atoms with E-state index in [4.69, 9.17) is 10.5 Å². The minimum atomic E-state index is -0.974. The van der Waals surface area contributed by atoms with Crippen molar-refractivity contribution in [3.8, 4) is 6.07 Å². The van der Waals surface area contributed by atoms with E-state index < -0.39 is 29.7 Å². The van der Waals surface area contributed by atoms with Gasteiger partial charge in [0.15, 0.2) is 12.3 Å². The van der Waals surface area contributed by atoms with Gasteiger partial charge in [0.2, 0.25) is 0 Å². The Bertz CT molecular complexity index is 1560. The number of carbonyl (C=O) groups is 2. The number of rotatable bonds is 10. The number of aromatic amines is 1. The smallest absolute Gasteiger partial charge is 0.349 e. The molecule has 1 aromatic carbocycles. The zero-order valence-corrected chi connectivity index (χ0v) is 22.5. The molecule has 1 amide bonds. The van der Waals surface area contributed by atoms with Gasteiger partial charge in [-0.1, -0.05) is 37.3 Å². The molecule has 0 unspecified atom stereocenters. The fourth-order valence-corrected chi connectivity index (χ4v) is 4.34. The number of esters is 1. The van der Waals surface area contributed by atoms with Gasteiger partial charge in [0, 0.05) is 24.5 Å². The summed E-state index contributed by atoms with van der Waals surface area (Å²) >= 11 is 0. The van der Waals surface area contributed by atoms with Crippen molar-refractivity contribution in [3.05, 3.63) is 85.3 Å². The van der Waals surface area contributed by atoms with Crippen molar-refractivity contribution in [2.75, 3.05) is 23.8 Å². The van der Waals surface area contributed by atoms with Crippen molar-refractivity contribution in [2.24, 2.45) is 0 Å². The van der Waals surface area contributed by atoms with E-state index in [0.717, 1.165) is 39.4 Å². The van der Waals surface area contributed by atoms with Gasteiger partial charge in [-0.05, 0) is 50.5 Å². The number of likely N-dealkylation sites (N-methyl/N-ethyl adjacent to an activating group) is 1. The van der Waals surface area contributed by atoms with Crippen LogP contribution < -0.4 is 21.9 Å². The predicted octanol–water partition coefficient (Wildman–Crippen LogP) is 2.50. The number of hydrogen-bond donors (Lipinski definition) is 2. The van der Waals surface area contributed by atoms with Crippen LogP contribution in [0.2, 0.25) is 0 Å². The van der Waals surface area contributed by atoms with Gasteiger partial charge in [-0.15, -0.1) is 0 Å². The third kappa shape index (κ3) is 6.35. The lowest BCUT2D eigenvalue weighted by molar-refractivity contribution is -0.143. The molecule has 0 aliphatic rings. The minimum Gasteiger partial charge on any atom is -0.451 e. The third-order valence-electron chi connectivity index (χ3n) is 6.31. The van der Waals surface area contributed by atoms with Crippen LogP contribution in [-0.2, 0) is 27.4 Å². The van der Waals surface area contributed by atoms with Gasteiger partial charge >= 0.3 is 11.7 Å². The number of nitrogens with two attached hydrogens (primary N) is 1. The van der Waals surface area contributed by atoms with E-state index in [-0.39, 0.29) is 30.2 Å². The number of nitrogen functional groups attached to an aromatic ring is 1. The van der Waals surface area contributed by atoms with E-state index in [1.54, 1.807) is 31.2 Å². The van der Waals surface area contributed by atoms with Crippen LogP contribution in [0.1, 0.15) is 42.8 Å². The highest BCUT2D eigenvalue weighted by atomic mass is 16.5. The van der Waals surface area contributed by atoms with Crippen molar-refractivity contribution in [1.29, 1.82) is 5.26 Å². The monoisotopic (exact) mass is 532 g/mol. The number of benzene rings is 1. The van der Waals surface area contributed by atoms with Crippen LogP contribution in [0.3, 0.4) is 0 Å². The van der Waals surface area contributed by atoms with E-state index in [1.807, 2.05) is 32.0 Å². The number of aryl methyl sites for hydroxylation is 1. The first-order valence-electron chi connectivity index (χ1n) is 12.5. The van der Waals surface area contributed by atoms with Gasteiger partial charge in [-0.2, -0.15) is 5.26 Å². The molecule has 0 saturated carbocycles. The summed E-state index contributed by atoms with van der Waals surface area (Å²) < 4.78 is 8.38. The second kappa shape index (κ2) is 12.6. The molecule has 0 radical (unpaired) electrons. The number of amides is 1. The summed E-state index contributed by atoms with van der Waals surface area (Å²) in [4.78, 5) is 54.1. The number of anilines is 2. The molecule has 3 rings (SSSR count). The zero-order chi connectivity index (χ0) is 28.7. The van der Waals surface area contributed by atoms with Gasteiger partial charge in [0.1, 0.15) is 17.5 Å². The van der Waals surface area contributed by atoms with E-state index in [9.17, 15) is 24.4 Å². The van der Waals surface area contributed by atoms with Crippen LogP contribution in [0.15, 0.2) is 51.6 Å². The summed E-state index contributed by atoms with van der Waals surface area (Å²) in [6.07, 6.45) is 2.36. The fraction of sp³-hybridized carbons (Fsp3) is 0.321. The largest absolute Gasteiger partial charge is 0.451 e. The molecule has 3 N–H and O–H groups in total. The molecule has 2 aromatic heterocycles. The molecule has 3 aromatic rings. The third-order valence-corrected chi connectivity index (χ3v) is 6.31. The SMILES string of the molecule is CCCn1c(C)cc(/C=C(\C#N)C(=O)OCC(=O)N(CC)c2c(N)n(Cc3ccccc3)c(=O)[nH]c2=O)c1C. The lowest BCUT2D eigenvalue weighted by Crippen LogP contribution is -2.42. The van der Waals surface area contributed by atoms with Gasteiger partial charge in [0.25, 0.3) is 11.5 Å². The molecule has 0 fully saturated rings. The number of hydrogen-bond acceptors (Lipinski definition) is 7. The maximum atomic E-state index is 13.0. The quantitative estimate of drug-likeness (QED) is 0.231. The summed E-state index contributed by atoms with van der Waals surface area (Å²) in [7, 11) is 0. The lowest BCUT2D eigenvalue weighted by Gasteiger charge is -2.23. The van der Waals surface area contributed by atoms with Gasteiger partial charge in [-0.25, -0.2) is 9.59 Å². The summed E-state index contributed by atoms with van der Waals surface area (Å²) in [5.41, 5.74) is 7.51. The Labute approximate surface area is 225 Å². The molecule has 0 saturated heterocycles. The zero-order valence-electron chi connectivity index (χ0n) is 22.5. The van der Waals surface area contributed by atoms with E-state index in [0.29, 0.717) is 5.56 Å². The highest BCUT2D eigenvalue weighted by molar-refractivity contribution is 6.01. The summed E-state index contributed by atoms with van der Waals surface area (Å²) in [5.74, 6) is -1.92. The molecule has 204 valence electrons. The topological polar surface area (TPSA) is 156 Å². The van der Waals surface area contributed by atoms with Crippen LogP contribution in [0.4, 0.5) is 11.5 Å². The second-order valence-corrected chi connectivity index (χ2v) is 8.93. The Kier molecular flexibility index (Phi) is 9.28. The molecular weight excluding hydrogens is 500 g/mol. The molecular formula is C28H32N6O5. The Balaban J connectivity index is 1.82. The van der Waals surface area contributed by atoms with Gasteiger partial charge < -0.3 is 19.9 Å². The molecule has 0 bridgehead atoms. The summed E-state index contributed by atoms with van der Waals surface area (Å²) in [5, 5.41) is 9.56. The molecule has 39 heavy (non-hydrogen) atoms. The minimum absolute atomic E-state index is 0.0115. The van der Waals surface area contributed by atoms with Crippen molar-refractivity contribution in [3.63, 3.8) is 0 Å². The number of carbonyl (C=O) groups excluding carboxylic acids is 2.